The first-order valence-electron chi connectivity index (χ1n) is 7.01. The molecular formula is C16H21NO3. The first-order valence-corrected chi connectivity index (χ1v) is 7.01. The molecule has 0 aromatic heterocycles. The van der Waals surface area contributed by atoms with Gasteiger partial charge in [0.05, 0.1) is 17.9 Å². The molecule has 0 radical (unpaired) electrons. The maximum absolute atomic E-state index is 12.1. The number of hydrogen-bond acceptors (Lipinski definition) is 2. The second-order valence-corrected chi connectivity index (χ2v) is 5.65. The topological polar surface area (TPSA) is 66.4 Å². The fourth-order valence-electron chi connectivity index (χ4n) is 2.75. The molecule has 1 amide bonds. The smallest absolute Gasteiger partial charge is 0.307 e. The van der Waals surface area contributed by atoms with Gasteiger partial charge in [0.15, 0.2) is 0 Å². The van der Waals surface area contributed by atoms with Crippen molar-refractivity contribution in [3.8, 4) is 0 Å². The molecule has 4 nitrogen and oxygen atoms in total. The molecule has 2 N–H and O–H groups in total. The van der Waals surface area contributed by atoms with E-state index in [1.54, 1.807) is 0 Å². The summed E-state index contributed by atoms with van der Waals surface area (Å²) in [5, 5.41) is 12.0. The van der Waals surface area contributed by atoms with E-state index < -0.39 is 11.9 Å². The Hall–Kier alpha value is -1.84. The standard InChI is InChI=1S/C16H21NO3/c1-9-5-4-6-12(10(9)2)11(3)17-15(18)13-7-8-14(13)16(19)20/h4-6,11,13-14H,7-8H2,1-3H3,(H,17,18)(H,19,20). The monoisotopic (exact) mass is 275 g/mol. The van der Waals surface area contributed by atoms with Crippen LogP contribution in [0.1, 0.15) is 42.5 Å². The molecule has 3 atom stereocenters. The van der Waals surface area contributed by atoms with Gasteiger partial charge in [-0.3, -0.25) is 9.59 Å². The van der Waals surface area contributed by atoms with Crippen LogP contribution in [0.2, 0.25) is 0 Å². The fourth-order valence-corrected chi connectivity index (χ4v) is 2.75. The first-order chi connectivity index (χ1) is 9.41. The molecule has 1 aliphatic rings. The second-order valence-electron chi connectivity index (χ2n) is 5.65. The van der Waals surface area contributed by atoms with Crippen molar-refractivity contribution in [3.05, 3.63) is 34.9 Å². The summed E-state index contributed by atoms with van der Waals surface area (Å²) in [5.74, 6) is -1.89. The van der Waals surface area contributed by atoms with Crippen molar-refractivity contribution in [2.24, 2.45) is 11.8 Å². The van der Waals surface area contributed by atoms with E-state index in [4.69, 9.17) is 5.11 Å². The average Bonchev–Trinajstić information content (AvgIpc) is 2.30. The number of rotatable bonds is 4. The number of carboxylic acid groups (broad SMARTS) is 1. The van der Waals surface area contributed by atoms with E-state index in [0.717, 1.165) is 5.56 Å². The fraction of sp³-hybridized carbons (Fsp3) is 0.500. The minimum Gasteiger partial charge on any atom is -0.481 e. The Morgan fingerprint density at radius 1 is 1.25 bits per heavy atom. The lowest BCUT2D eigenvalue weighted by atomic mass is 9.73. The number of aryl methyl sites for hydroxylation is 1. The zero-order valence-corrected chi connectivity index (χ0v) is 12.1. The summed E-state index contributed by atoms with van der Waals surface area (Å²) in [6, 6.07) is 5.92. The van der Waals surface area contributed by atoms with Crippen molar-refractivity contribution in [2.45, 2.75) is 39.7 Å². The normalized spacial score (nSPS) is 22.8. The average molecular weight is 275 g/mol. The Bertz CT molecular complexity index is 539. The van der Waals surface area contributed by atoms with Gasteiger partial charge in [-0.05, 0) is 50.3 Å². The third-order valence-electron chi connectivity index (χ3n) is 4.40. The van der Waals surface area contributed by atoms with Crippen LogP contribution >= 0.6 is 0 Å². The SMILES string of the molecule is Cc1cccc(C(C)NC(=O)C2CCC2C(=O)O)c1C. The van der Waals surface area contributed by atoms with Gasteiger partial charge in [-0.25, -0.2) is 0 Å². The molecule has 0 heterocycles. The van der Waals surface area contributed by atoms with Crippen molar-refractivity contribution < 1.29 is 14.7 Å². The van der Waals surface area contributed by atoms with E-state index in [1.807, 2.05) is 39.0 Å². The Morgan fingerprint density at radius 3 is 2.45 bits per heavy atom. The highest BCUT2D eigenvalue weighted by molar-refractivity contribution is 5.86. The molecule has 108 valence electrons. The summed E-state index contributed by atoms with van der Waals surface area (Å²) in [6.07, 6.45) is 1.27. The third-order valence-corrected chi connectivity index (χ3v) is 4.40. The van der Waals surface area contributed by atoms with Crippen LogP contribution in [-0.4, -0.2) is 17.0 Å². The highest BCUT2D eigenvalue weighted by atomic mass is 16.4. The molecule has 0 aliphatic heterocycles. The quantitative estimate of drug-likeness (QED) is 0.887. The molecule has 1 aromatic carbocycles. The molecule has 0 saturated heterocycles. The Kier molecular flexibility index (Phi) is 4.12. The molecule has 1 saturated carbocycles. The summed E-state index contributed by atoms with van der Waals surface area (Å²) < 4.78 is 0. The van der Waals surface area contributed by atoms with Crippen LogP contribution in [0.25, 0.3) is 0 Å². The lowest BCUT2D eigenvalue weighted by molar-refractivity contribution is -0.152. The van der Waals surface area contributed by atoms with Gasteiger partial charge in [0, 0.05) is 0 Å². The van der Waals surface area contributed by atoms with E-state index in [1.165, 1.54) is 11.1 Å². The Balaban J connectivity index is 2.04. The number of nitrogens with one attached hydrogen (secondary N) is 1. The summed E-state index contributed by atoms with van der Waals surface area (Å²) in [7, 11) is 0. The summed E-state index contributed by atoms with van der Waals surface area (Å²) in [6.45, 7) is 6.02. The van der Waals surface area contributed by atoms with Crippen LogP contribution in [0.5, 0.6) is 0 Å². The van der Waals surface area contributed by atoms with Crippen LogP contribution < -0.4 is 5.32 Å². The van der Waals surface area contributed by atoms with E-state index in [-0.39, 0.29) is 17.9 Å². The van der Waals surface area contributed by atoms with E-state index >= 15 is 0 Å². The molecule has 20 heavy (non-hydrogen) atoms. The maximum atomic E-state index is 12.1. The third kappa shape index (κ3) is 2.69. The number of benzene rings is 1. The second kappa shape index (κ2) is 5.65. The van der Waals surface area contributed by atoms with Crippen molar-refractivity contribution >= 4 is 11.9 Å². The highest BCUT2D eigenvalue weighted by Gasteiger charge is 2.41. The van der Waals surface area contributed by atoms with Gasteiger partial charge in [0.2, 0.25) is 5.91 Å². The minimum absolute atomic E-state index is 0.0996. The number of aliphatic carboxylic acids is 1. The van der Waals surface area contributed by atoms with Crippen LogP contribution in [0.3, 0.4) is 0 Å². The molecule has 4 heteroatoms. The van der Waals surface area contributed by atoms with Gasteiger partial charge < -0.3 is 10.4 Å². The van der Waals surface area contributed by atoms with Gasteiger partial charge in [0.1, 0.15) is 0 Å². The molecule has 1 aliphatic carbocycles. The molecular weight excluding hydrogens is 254 g/mol. The molecule has 0 bridgehead atoms. The molecule has 1 fully saturated rings. The highest BCUT2D eigenvalue weighted by Crippen LogP contribution is 2.35. The lowest BCUT2D eigenvalue weighted by Gasteiger charge is -2.33. The number of hydrogen-bond donors (Lipinski definition) is 2. The zero-order valence-electron chi connectivity index (χ0n) is 12.1. The Morgan fingerprint density at radius 2 is 1.90 bits per heavy atom. The van der Waals surface area contributed by atoms with E-state index in [2.05, 4.69) is 5.32 Å². The number of amides is 1. The van der Waals surface area contributed by atoms with E-state index in [9.17, 15) is 9.59 Å². The van der Waals surface area contributed by atoms with Gasteiger partial charge in [-0.2, -0.15) is 0 Å². The van der Waals surface area contributed by atoms with E-state index in [0.29, 0.717) is 12.8 Å². The number of carbonyl (C=O) groups excluding carboxylic acids is 1. The van der Waals surface area contributed by atoms with Crippen LogP contribution in [0, 0.1) is 25.7 Å². The van der Waals surface area contributed by atoms with Crippen molar-refractivity contribution in [1.29, 1.82) is 0 Å². The van der Waals surface area contributed by atoms with Crippen molar-refractivity contribution in [3.63, 3.8) is 0 Å². The molecule has 3 unspecified atom stereocenters. The van der Waals surface area contributed by atoms with Gasteiger partial charge in [-0.15, -0.1) is 0 Å². The zero-order chi connectivity index (χ0) is 14.9. The predicted octanol–water partition coefficient (Wildman–Crippen LogP) is 2.59. The predicted molar refractivity (Wildman–Crippen MR) is 76.3 cm³/mol. The van der Waals surface area contributed by atoms with Gasteiger partial charge >= 0.3 is 5.97 Å². The van der Waals surface area contributed by atoms with Crippen LogP contribution in [0.4, 0.5) is 0 Å². The summed E-state index contributed by atoms with van der Waals surface area (Å²) in [4.78, 5) is 23.1. The molecule has 1 aromatic rings. The van der Waals surface area contributed by atoms with Gasteiger partial charge in [-0.1, -0.05) is 18.2 Å². The van der Waals surface area contributed by atoms with Crippen molar-refractivity contribution in [2.75, 3.05) is 0 Å². The van der Waals surface area contributed by atoms with Crippen molar-refractivity contribution in [1.82, 2.24) is 5.32 Å². The summed E-state index contributed by atoms with van der Waals surface area (Å²) >= 11 is 0. The largest absolute Gasteiger partial charge is 0.481 e. The Labute approximate surface area is 119 Å². The first kappa shape index (κ1) is 14.6. The van der Waals surface area contributed by atoms with Crippen LogP contribution in [0.15, 0.2) is 18.2 Å². The molecule has 0 spiro atoms. The number of carboxylic acids is 1. The summed E-state index contributed by atoms with van der Waals surface area (Å²) in [5.41, 5.74) is 3.45. The maximum Gasteiger partial charge on any atom is 0.307 e. The minimum atomic E-state index is -0.865. The molecule has 2 rings (SSSR count). The van der Waals surface area contributed by atoms with Crippen LogP contribution in [-0.2, 0) is 9.59 Å². The van der Waals surface area contributed by atoms with Gasteiger partial charge in [0.25, 0.3) is 0 Å². The lowest BCUT2D eigenvalue weighted by Crippen LogP contribution is -2.44. The number of carbonyl (C=O) groups is 2.